The number of methoxy groups -OCH3 is 2. The molecule has 0 spiro atoms. The quantitative estimate of drug-likeness (QED) is 0.651. The summed E-state index contributed by atoms with van der Waals surface area (Å²) in [6.07, 6.45) is 3.21. The number of carbonyl (C=O) groups excluding carboxylic acids is 1. The Hall–Kier alpha value is -2.23. The molecule has 1 N–H and O–H groups in total. The first-order valence-electron chi connectivity index (χ1n) is 9.56. The van der Waals surface area contributed by atoms with Crippen LogP contribution < -0.4 is 14.8 Å². The normalized spacial score (nSPS) is 17.4. The Morgan fingerprint density at radius 2 is 1.87 bits per heavy atom. The Labute approximate surface area is 181 Å². The zero-order valence-corrected chi connectivity index (χ0v) is 18.9. The van der Waals surface area contributed by atoms with Gasteiger partial charge in [0.2, 0.25) is 15.9 Å². The number of sulfonamides is 1. The Kier molecular flexibility index (Phi) is 7.27. The van der Waals surface area contributed by atoms with E-state index in [-0.39, 0.29) is 17.3 Å². The summed E-state index contributed by atoms with van der Waals surface area (Å²) >= 11 is 1.55. The minimum atomic E-state index is -3.76. The highest BCUT2D eigenvalue weighted by atomic mass is 32.2. The second kappa shape index (κ2) is 9.72. The van der Waals surface area contributed by atoms with E-state index in [4.69, 9.17) is 9.47 Å². The van der Waals surface area contributed by atoms with Crippen molar-refractivity contribution >= 4 is 33.4 Å². The van der Waals surface area contributed by atoms with Gasteiger partial charge in [0, 0.05) is 24.1 Å². The van der Waals surface area contributed by atoms with Crippen LogP contribution in [-0.4, -0.2) is 52.2 Å². The second-order valence-corrected chi connectivity index (χ2v) is 9.69. The van der Waals surface area contributed by atoms with Gasteiger partial charge in [-0.15, -0.1) is 11.8 Å². The van der Waals surface area contributed by atoms with Crippen LogP contribution in [0.1, 0.15) is 12.8 Å². The number of piperidine rings is 1. The molecule has 1 heterocycles. The van der Waals surface area contributed by atoms with Gasteiger partial charge in [0.1, 0.15) is 0 Å². The third kappa shape index (κ3) is 4.74. The van der Waals surface area contributed by atoms with Crippen molar-refractivity contribution in [3.63, 3.8) is 0 Å². The van der Waals surface area contributed by atoms with Crippen LogP contribution in [0.3, 0.4) is 0 Å². The topological polar surface area (TPSA) is 84.9 Å². The highest BCUT2D eigenvalue weighted by molar-refractivity contribution is 7.98. The fraction of sp³-hybridized carbons (Fsp3) is 0.381. The van der Waals surface area contributed by atoms with Crippen LogP contribution in [0.5, 0.6) is 11.5 Å². The summed E-state index contributed by atoms with van der Waals surface area (Å²) in [5.74, 6) is 0.227. The molecule has 0 aromatic heterocycles. The summed E-state index contributed by atoms with van der Waals surface area (Å²) in [5.41, 5.74) is 0.745. The lowest BCUT2D eigenvalue weighted by molar-refractivity contribution is -0.120. The van der Waals surface area contributed by atoms with Crippen LogP contribution >= 0.6 is 11.8 Å². The Morgan fingerprint density at radius 1 is 1.13 bits per heavy atom. The molecular formula is C21H26N2O5S2. The van der Waals surface area contributed by atoms with E-state index in [1.165, 1.54) is 30.7 Å². The van der Waals surface area contributed by atoms with Crippen LogP contribution in [0.2, 0.25) is 0 Å². The fourth-order valence-electron chi connectivity index (χ4n) is 3.48. The Morgan fingerprint density at radius 3 is 2.57 bits per heavy atom. The van der Waals surface area contributed by atoms with Crippen molar-refractivity contribution in [1.82, 2.24) is 4.31 Å². The van der Waals surface area contributed by atoms with E-state index in [0.717, 1.165) is 10.6 Å². The van der Waals surface area contributed by atoms with E-state index < -0.39 is 15.9 Å². The molecule has 0 bridgehead atoms. The number of hydrogen-bond acceptors (Lipinski definition) is 6. The van der Waals surface area contributed by atoms with Crippen LogP contribution in [0, 0.1) is 5.92 Å². The fourth-order valence-corrected chi connectivity index (χ4v) is 5.58. The number of ether oxygens (including phenoxy) is 2. The van der Waals surface area contributed by atoms with Crippen LogP contribution in [0.25, 0.3) is 0 Å². The molecule has 3 rings (SSSR count). The van der Waals surface area contributed by atoms with Gasteiger partial charge in [0.05, 0.1) is 30.7 Å². The van der Waals surface area contributed by atoms with Gasteiger partial charge in [0.15, 0.2) is 11.5 Å². The van der Waals surface area contributed by atoms with Gasteiger partial charge in [-0.05, 0) is 43.4 Å². The largest absolute Gasteiger partial charge is 0.493 e. The average molecular weight is 451 g/mol. The lowest BCUT2D eigenvalue weighted by Gasteiger charge is -2.31. The maximum atomic E-state index is 13.2. The van der Waals surface area contributed by atoms with Gasteiger partial charge in [-0.3, -0.25) is 4.79 Å². The monoisotopic (exact) mass is 450 g/mol. The molecule has 1 saturated heterocycles. The summed E-state index contributed by atoms with van der Waals surface area (Å²) < 4.78 is 38.1. The highest BCUT2D eigenvalue weighted by Crippen LogP contribution is 2.32. The van der Waals surface area contributed by atoms with Crippen molar-refractivity contribution < 1.29 is 22.7 Å². The molecule has 1 amide bonds. The van der Waals surface area contributed by atoms with Gasteiger partial charge >= 0.3 is 0 Å². The minimum absolute atomic E-state index is 0.119. The predicted octanol–water partition coefficient (Wildman–Crippen LogP) is 3.47. The van der Waals surface area contributed by atoms with Gasteiger partial charge in [0.25, 0.3) is 0 Å². The molecule has 2 aromatic carbocycles. The molecule has 7 nitrogen and oxygen atoms in total. The summed E-state index contributed by atoms with van der Waals surface area (Å²) in [5, 5.41) is 2.96. The molecule has 0 unspecified atom stereocenters. The van der Waals surface area contributed by atoms with Crippen molar-refractivity contribution in [1.29, 1.82) is 0 Å². The molecule has 2 aromatic rings. The predicted molar refractivity (Wildman–Crippen MR) is 118 cm³/mol. The van der Waals surface area contributed by atoms with Gasteiger partial charge in [-0.2, -0.15) is 4.31 Å². The van der Waals surface area contributed by atoms with Gasteiger partial charge < -0.3 is 14.8 Å². The number of nitrogens with one attached hydrogen (secondary N) is 1. The van der Waals surface area contributed by atoms with E-state index in [1.807, 2.05) is 30.5 Å². The summed E-state index contributed by atoms with van der Waals surface area (Å²) in [4.78, 5) is 13.9. The molecule has 1 fully saturated rings. The number of benzene rings is 2. The molecule has 162 valence electrons. The molecule has 1 aliphatic rings. The van der Waals surface area contributed by atoms with Crippen LogP contribution in [0.15, 0.2) is 52.3 Å². The zero-order chi connectivity index (χ0) is 21.7. The first kappa shape index (κ1) is 22.5. The van der Waals surface area contributed by atoms with E-state index in [2.05, 4.69) is 5.32 Å². The van der Waals surface area contributed by atoms with Crippen LogP contribution in [0.4, 0.5) is 5.69 Å². The highest BCUT2D eigenvalue weighted by Gasteiger charge is 2.34. The number of para-hydroxylation sites is 1. The van der Waals surface area contributed by atoms with Gasteiger partial charge in [-0.25, -0.2) is 8.42 Å². The maximum absolute atomic E-state index is 13.2. The zero-order valence-electron chi connectivity index (χ0n) is 17.3. The van der Waals surface area contributed by atoms with Crippen LogP contribution in [-0.2, 0) is 14.8 Å². The van der Waals surface area contributed by atoms with E-state index in [1.54, 1.807) is 17.8 Å². The number of amides is 1. The summed E-state index contributed by atoms with van der Waals surface area (Å²) in [6.45, 7) is 0.520. The second-order valence-electron chi connectivity index (χ2n) is 6.91. The van der Waals surface area contributed by atoms with Crippen molar-refractivity contribution in [3.05, 3.63) is 42.5 Å². The molecule has 9 heteroatoms. The lowest BCUT2D eigenvalue weighted by atomic mass is 9.99. The van der Waals surface area contributed by atoms with Crippen molar-refractivity contribution in [2.75, 3.05) is 38.9 Å². The minimum Gasteiger partial charge on any atom is -0.493 e. The number of hydrogen-bond donors (Lipinski definition) is 1. The standard InChI is InChI=1S/C21H26N2O5S2/c1-27-18-11-10-16(13-19(18)28-2)30(25,26)23-12-6-7-15(14-23)21(24)22-17-8-4-5-9-20(17)29-3/h4-5,8-11,13,15H,6-7,12,14H2,1-3H3,(H,22,24)/t15-/m0/s1. The first-order valence-corrected chi connectivity index (χ1v) is 12.2. The Bertz CT molecular complexity index is 1010. The SMILES string of the molecule is COc1ccc(S(=O)(=O)N2CCC[C@H](C(=O)Nc3ccccc3SC)C2)cc1OC. The molecule has 1 aliphatic heterocycles. The average Bonchev–Trinajstić information content (AvgIpc) is 2.78. The molecule has 1 atom stereocenters. The maximum Gasteiger partial charge on any atom is 0.243 e. The third-order valence-electron chi connectivity index (χ3n) is 5.11. The molecular weight excluding hydrogens is 424 g/mol. The molecule has 0 radical (unpaired) electrons. The first-order chi connectivity index (χ1) is 14.4. The van der Waals surface area contributed by atoms with Crippen molar-refractivity contribution in [3.8, 4) is 11.5 Å². The Balaban J connectivity index is 1.77. The molecule has 0 aliphatic carbocycles. The number of thioether (sulfide) groups is 1. The van der Waals surface area contributed by atoms with E-state index in [0.29, 0.717) is 30.9 Å². The van der Waals surface area contributed by atoms with Gasteiger partial charge in [-0.1, -0.05) is 12.1 Å². The van der Waals surface area contributed by atoms with Crippen molar-refractivity contribution in [2.24, 2.45) is 5.92 Å². The van der Waals surface area contributed by atoms with Crippen molar-refractivity contribution in [2.45, 2.75) is 22.6 Å². The number of rotatable bonds is 7. The third-order valence-corrected chi connectivity index (χ3v) is 7.77. The van der Waals surface area contributed by atoms with E-state index >= 15 is 0 Å². The number of anilines is 1. The summed E-state index contributed by atoms with van der Waals surface area (Å²) in [7, 11) is -0.803. The summed E-state index contributed by atoms with van der Waals surface area (Å²) in [6, 6.07) is 12.1. The molecule has 30 heavy (non-hydrogen) atoms. The molecule has 0 saturated carbocycles. The lowest BCUT2D eigenvalue weighted by Crippen LogP contribution is -2.43. The smallest absolute Gasteiger partial charge is 0.243 e. The number of carbonyl (C=O) groups is 1. The van der Waals surface area contributed by atoms with E-state index in [9.17, 15) is 13.2 Å². The number of nitrogens with zero attached hydrogens (tertiary/aromatic N) is 1.